The van der Waals surface area contributed by atoms with Crippen molar-refractivity contribution in [3.05, 3.63) is 22.8 Å². The molecule has 0 radical (unpaired) electrons. The number of morpholine rings is 1. The summed E-state index contributed by atoms with van der Waals surface area (Å²) in [5.74, 6) is 0.637. The van der Waals surface area contributed by atoms with Crippen molar-refractivity contribution in [1.29, 1.82) is 0 Å². The average molecular weight is 315 g/mol. The summed E-state index contributed by atoms with van der Waals surface area (Å²) in [5, 5.41) is 0. The zero-order valence-electron chi connectivity index (χ0n) is 10.1. The number of methoxy groups -OCH3 is 1. The van der Waals surface area contributed by atoms with Crippen LogP contribution in [0, 0.1) is 0 Å². The summed E-state index contributed by atoms with van der Waals surface area (Å²) in [7, 11) is 1.39. The van der Waals surface area contributed by atoms with Gasteiger partial charge in [0.15, 0.2) is 0 Å². The molecule has 0 amide bonds. The van der Waals surface area contributed by atoms with Crippen LogP contribution in [-0.2, 0) is 14.3 Å². The molecule has 5 nitrogen and oxygen atoms in total. The summed E-state index contributed by atoms with van der Waals surface area (Å²) in [6, 6.07) is 3.83. The fourth-order valence-corrected chi connectivity index (χ4v) is 2.42. The Hall–Kier alpha value is -1.14. The van der Waals surface area contributed by atoms with Gasteiger partial charge in [-0.3, -0.25) is 4.79 Å². The Kier molecular flexibility index (Phi) is 4.54. The van der Waals surface area contributed by atoms with Gasteiger partial charge in [0, 0.05) is 19.3 Å². The molecule has 1 atom stereocenters. The van der Waals surface area contributed by atoms with E-state index in [9.17, 15) is 4.79 Å². The normalized spacial score (nSPS) is 19.7. The summed E-state index contributed by atoms with van der Waals surface area (Å²) >= 11 is 3.48. The second-order valence-electron chi connectivity index (χ2n) is 4.03. The monoisotopic (exact) mass is 314 g/mol. The third-order valence-electron chi connectivity index (χ3n) is 2.80. The van der Waals surface area contributed by atoms with Crippen molar-refractivity contribution < 1.29 is 14.3 Å². The molecular weight excluding hydrogens is 300 g/mol. The molecule has 2 heterocycles. The van der Waals surface area contributed by atoms with Gasteiger partial charge in [0.1, 0.15) is 5.82 Å². The highest BCUT2D eigenvalue weighted by molar-refractivity contribution is 9.10. The molecule has 1 aliphatic heterocycles. The first-order valence-corrected chi connectivity index (χ1v) is 6.54. The molecule has 0 aliphatic carbocycles. The van der Waals surface area contributed by atoms with E-state index in [1.165, 1.54) is 7.11 Å². The molecule has 98 valence electrons. The Bertz CT molecular complexity index is 428. The minimum atomic E-state index is -0.248. The van der Waals surface area contributed by atoms with E-state index < -0.39 is 0 Å². The summed E-state index contributed by atoms with van der Waals surface area (Å²) in [5.41, 5.74) is 0. The predicted molar refractivity (Wildman–Crippen MR) is 70.5 cm³/mol. The molecule has 0 N–H and O–H groups in total. The van der Waals surface area contributed by atoms with E-state index in [1.807, 2.05) is 12.1 Å². The molecule has 0 aromatic carbocycles. The average Bonchev–Trinajstić information content (AvgIpc) is 2.39. The van der Waals surface area contributed by atoms with Crippen molar-refractivity contribution in [3.8, 4) is 0 Å². The van der Waals surface area contributed by atoms with Crippen molar-refractivity contribution in [3.63, 3.8) is 0 Å². The SMILES string of the molecule is COC(=O)CC1CN(c2ncccc2Br)CCO1. The second-order valence-corrected chi connectivity index (χ2v) is 4.88. The number of carbonyl (C=O) groups excluding carboxylic acids is 1. The largest absolute Gasteiger partial charge is 0.469 e. The molecule has 1 fully saturated rings. The second kappa shape index (κ2) is 6.15. The van der Waals surface area contributed by atoms with Crippen LogP contribution in [0.3, 0.4) is 0 Å². The molecule has 2 rings (SSSR count). The van der Waals surface area contributed by atoms with Gasteiger partial charge in [-0.15, -0.1) is 0 Å². The number of pyridine rings is 1. The first-order chi connectivity index (χ1) is 8.70. The van der Waals surface area contributed by atoms with Crippen LogP contribution in [0.1, 0.15) is 6.42 Å². The Morgan fingerprint density at radius 1 is 1.72 bits per heavy atom. The van der Waals surface area contributed by atoms with Crippen molar-refractivity contribution in [2.24, 2.45) is 0 Å². The number of hydrogen-bond donors (Lipinski definition) is 0. The van der Waals surface area contributed by atoms with Gasteiger partial charge in [0.05, 0.1) is 30.7 Å². The van der Waals surface area contributed by atoms with Gasteiger partial charge in [-0.25, -0.2) is 4.98 Å². The van der Waals surface area contributed by atoms with Crippen LogP contribution in [0.15, 0.2) is 22.8 Å². The first-order valence-electron chi connectivity index (χ1n) is 5.74. The number of esters is 1. The Morgan fingerprint density at radius 3 is 3.28 bits per heavy atom. The minimum Gasteiger partial charge on any atom is -0.469 e. The zero-order chi connectivity index (χ0) is 13.0. The molecule has 18 heavy (non-hydrogen) atoms. The van der Waals surface area contributed by atoms with Crippen LogP contribution >= 0.6 is 15.9 Å². The highest BCUT2D eigenvalue weighted by atomic mass is 79.9. The molecule has 1 saturated heterocycles. The van der Waals surface area contributed by atoms with Gasteiger partial charge in [-0.1, -0.05) is 0 Å². The van der Waals surface area contributed by atoms with Crippen molar-refractivity contribution in [2.45, 2.75) is 12.5 Å². The van der Waals surface area contributed by atoms with Gasteiger partial charge < -0.3 is 14.4 Å². The number of hydrogen-bond acceptors (Lipinski definition) is 5. The highest BCUT2D eigenvalue weighted by Gasteiger charge is 2.24. The van der Waals surface area contributed by atoms with Crippen molar-refractivity contribution in [1.82, 2.24) is 4.98 Å². The molecule has 1 aromatic heterocycles. The number of anilines is 1. The molecule has 1 aromatic rings. The quantitative estimate of drug-likeness (QED) is 0.793. The Morgan fingerprint density at radius 2 is 2.56 bits per heavy atom. The lowest BCUT2D eigenvalue weighted by atomic mass is 10.2. The number of ether oxygens (including phenoxy) is 2. The molecule has 1 aliphatic rings. The third-order valence-corrected chi connectivity index (χ3v) is 3.42. The fraction of sp³-hybridized carbons (Fsp3) is 0.500. The molecule has 1 unspecified atom stereocenters. The van der Waals surface area contributed by atoms with Crippen molar-refractivity contribution in [2.75, 3.05) is 31.7 Å². The highest BCUT2D eigenvalue weighted by Crippen LogP contribution is 2.25. The van der Waals surface area contributed by atoms with E-state index in [1.54, 1.807) is 6.20 Å². The third kappa shape index (κ3) is 3.20. The Balaban J connectivity index is 2.03. The van der Waals surface area contributed by atoms with Gasteiger partial charge in [0.25, 0.3) is 0 Å². The number of aromatic nitrogens is 1. The number of halogens is 1. The van der Waals surface area contributed by atoms with Crippen LogP contribution in [-0.4, -0.2) is 43.9 Å². The van der Waals surface area contributed by atoms with E-state index >= 15 is 0 Å². The predicted octanol–water partition coefficient (Wildman–Crippen LogP) is 1.61. The maximum Gasteiger partial charge on any atom is 0.308 e. The fourth-order valence-electron chi connectivity index (χ4n) is 1.91. The summed E-state index contributed by atoms with van der Waals surface area (Å²) in [6.07, 6.45) is 1.89. The van der Waals surface area contributed by atoms with Crippen LogP contribution in [0.5, 0.6) is 0 Å². The summed E-state index contributed by atoms with van der Waals surface area (Å²) < 4.78 is 11.2. The van der Waals surface area contributed by atoms with Gasteiger partial charge in [-0.05, 0) is 28.1 Å². The lowest BCUT2D eigenvalue weighted by Crippen LogP contribution is -2.44. The molecule has 6 heteroatoms. The number of nitrogens with zero attached hydrogens (tertiary/aromatic N) is 2. The van der Waals surface area contributed by atoms with Crippen LogP contribution in [0.25, 0.3) is 0 Å². The standard InChI is InChI=1S/C12H15BrN2O3/c1-17-11(16)7-9-8-15(5-6-18-9)12-10(13)3-2-4-14-12/h2-4,9H,5-8H2,1H3. The first kappa shape index (κ1) is 13.3. The molecule has 0 saturated carbocycles. The van der Waals surface area contributed by atoms with Gasteiger partial charge in [-0.2, -0.15) is 0 Å². The van der Waals surface area contributed by atoms with E-state index in [4.69, 9.17) is 4.74 Å². The molecule has 0 spiro atoms. The Labute approximate surface area is 114 Å². The van der Waals surface area contributed by atoms with E-state index in [0.717, 1.165) is 16.8 Å². The topological polar surface area (TPSA) is 51.7 Å². The smallest absolute Gasteiger partial charge is 0.308 e. The lowest BCUT2D eigenvalue weighted by molar-refractivity contribution is -0.144. The van der Waals surface area contributed by atoms with E-state index in [0.29, 0.717) is 13.2 Å². The zero-order valence-corrected chi connectivity index (χ0v) is 11.7. The summed E-state index contributed by atoms with van der Waals surface area (Å²) in [6.45, 7) is 2.00. The van der Waals surface area contributed by atoms with Gasteiger partial charge >= 0.3 is 5.97 Å². The van der Waals surface area contributed by atoms with Crippen LogP contribution in [0.2, 0.25) is 0 Å². The van der Waals surface area contributed by atoms with E-state index in [-0.39, 0.29) is 18.5 Å². The summed E-state index contributed by atoms with van der Waals surface area (Å²) in [4.78, 5) is 17.7. The number of rotatable bonds is 3. The van der Waals surface area contributed by atoms with E-state index in [2.05, 4.69) is 30.6 Å². The minimum absolute atomic E-state index is 0.139. The van der Waals surface area contributed by atoms with Crippen LogP contribution in [0.4, 0.5) is 5.82 Å². The lowest BCUT2D eigenvalue weighted by Gasteiger charge is -2.33. The molecular formula is C12H15BrN2O3. The maximum absolute atomic E-state index is 11.2. The van der Waals surface area contributed by atoms with Crippen LogP contribution < -0.4 is 4.90 Å². The van der Waals surface area contributed by atoms with Crippen molar-refractivity contribution >= 4 is 27.7 Å². The van der Waals surface area contributed by atoms with Gasteiger partial charge in [0.2, 0.25) is 0 Å². The molecule has 0 bridgehead atoms. The maximum atomic E-state index is 11.2. The number of carbonyl (C=O) groups is 1.